The smallest absolute Gasteiger partial charge is 0.398 e. The van der Waals surface area contributed by atoms with Crippen molar-refractivity contribution in [2.24, 2.45) is 0 Å². The Morgan fingerprint density at radius 1 is 1.05 bits per heavy atom. The maximum Gasteiger partial charge on any atom is 0.421 e. The third-order valence-corrected chi connectivity index (χ3v) is 3.39. The van der Waals surface area contributed by atoms with Crippen molar-refractivity contribution >= 4 is 5.69 Å². The molecule has 0 saturated carbocycles. The number of halogens is 4. The van der Waals surface area contributed by atoms with Crippen molar-refractivity contribution in [1.29, 1.82) is 0 Å². The third-order valence-electron chi connectivity index (χ3n) is 3.39. The molecule has 2 aromatic carbocycles. The van der Waals surface area contributed by atoms with Gasteiger partial charge in [-0.2, -0.15) is 13.2 Å². The molecule has 2 aromatic rings. The van der Waals surface area contributed by atoms with Crippen LogP contribution in [0.5, 0.6) is 0 Å². The van der Waals surface area contributed by atoms with Crippen molar-refractivity contribution in [2.45, 2.75) is 12.6 Å². The summed E-state index contributed by atoms with van der Waals surface area (Å²) in [6.45, 7) is 0. The minimum Gasteiger partial charge on any atom is -0.398 e. The summed E-state index contributed by atoms with van der Waals surface area (Å²) in [6, 6.07) is 8.05. The van der Waals surface area contributed by atoms with Crippen LogP contribution < -0.4 is 5.73 Å². The minimum absolute atomic E-state index is 0.306. The standard InChI is InChI=1S/C14H9F4N/c15-11-6-9-8-4-2-1-3-7(8)5-10(9)13(19)12(11)14(16,17)18/h1-4,6H,5,19H2. The van der Waals surface area contributed by atoms with Gasteiger partial charge in [0.1, 0.15) is 11.4 Å². The van der Waals surface area contributed by atoms with Crippen molar-refractivity contribution in [2.75, 3.05) is 5.73 Å². The molecule has 0 aromatic heterocycles. The molecule has 0 aliphatic heterocycles. The highest BCUT2D eigenvalue weighted by atomic mass is 19.4. The molecule has 5 heteroatoms. The van der Waals surface area contributed by atoms with Crippen LogP contribution >= 0.6 is 0 Å². The number of hydrogen-bond acceptors (Lipinski definition) is 1. The number of anilines is 1. The Balaban J connectivity index is 2.29. The van der Waals surface area contributed by atoms with E-state index in [0.29, 0.717) is 17.5 Å². The van der Waals surface area contributed by atoms with Crippen LogP contribution in [-0.2, 0) is 12.6 Å². The molecule has 0 bridgehead atoms. The first-order valence-corrected chi connectivity index (χ1v) is 5.66. The van der Waals surface area contributed by atoms with Gasteiger partial charge in [0.15, 0.2) is 0 Å². The molecular formula is C14H9F4N. The number of benzene rings is 2. The van der Waals surface area contributed by atoms with E-state index in [0.717, 1.165) is 17.2 Å². The fraction of sp³-hybridized carbons (Fsp3) is 0.143. The molecule has 0 spiro atoms. The van der Waals surface area contributed by atoms with Gasteiger partial charge in [0, 0.05) is 6.42 Å². The van der Waals surface area contributed by atoms with Crippen LogP contribution in [-0.4, -0.2) is 0 Å². The van der Waals surface area contributed by atoms with E-state index in [-0.39, 0.29) is 0 Å². The summed E-state index contributed by atoms with van der Waals surface area (Å²) in [7, 11) is 0. The lowest BCUT2D eigenvalue weighted by atomic mass is 10.00. The van der Waals surface area contributed by atoms with Gasteiger partial charge < -0.3 is 5.73 Å². The first-order chi connectivity index (χ1) is 8.89. The van der Waals surface area contributed by atoms with Gasteiger partial charge in [-0.15, -0.1) is 0 Å². The minimum atomic E-state index is -4.78. The largest absolute Gasteiger partial charge is 0.421 e. The van der Waals surface area contributed by atoms with E-state index in [4.69, 9.17) is 5.73 Å². The van der Waals surface area contributed by atoms with Crippen molar-refractivity contribution in [3.63, 3.8) is 0 Å². The second-order valence-electron chi connectivity index (χ2n) is 4.50. The fourth-order valence-corrected chi connectivity index (χ4v) is 2.56. The van der Waals surface area contributed by atoms with E-state index in [1.165, 1.54) is 0 Å². The van der Waals surface area contributed by atoms with Gasteiger partial charge in [-0.3, -0.25) is 0 Å². The van der Waals surface area contributed by atoms with Gasteiger partial charge in [-0.05, 0) is 28.3 Å². The van der Waals surface area contributed by atoms with Crippen molar-refractivity contribution in [3.8, 4) is 11.1 Å². The highest BCUT2D eigenvalue weighted by Crippen LogP contribution is 2.45. The van der Waals surface area contributed by atoms with Gasteiger partial charge >= 0.3 is 6.18 Å². The van der Waals surface area contributed by atoms with Crippen molar-refractivity contribution < 1.29 is 17.6 Å². The van der Waals surface area contributed by atoms with E-state index in [9.17, 15) is 17.6 Å². The van der Waals surface area contributed by atoms with Gasteiger partial charge in [-0.25, -0.2) is 4.39 Å². The molecule has 0 radical (unpaired) electrons. The molecule has 1 aliphatic rings. The van der Waals surface area contributed by atoms with E-state index in [1.54, 1.807) is 24.3 Å². The average molecular weight is 267 g/mol. The Morgan fingerprint density at radius 2 is 1.74 bits per heavy atom. The average Bonchev–Trinajstić information content (AvgIpc) is 2.67. The molecule has 3 rings (SSSR count). The predicted octanol–water partition coefficient (Wildman–Crippen LogP) is 4.00. The fourth-order valence-electron chi connectivity index (χ4n) is 2.56. The topological polar surface area (TPSA) is 26.0 Å². The Bertz CT molecular complexity index is 674. The zero-order chi connectivity index (χ0) is 13.8. The SMILES string of the molecule is Nc1c2c(cc(F)c1C(F)(F)F)-c1ccccc1C2. The number of nitrogen functional groups attached to an aromatic ring is 1. The number of hydrogen-bond donors (Lipinski definition) is 1. The summed E-state index contributed by atoms with van der Waals surface area (Å²) in [5.41, 5.74) is 6.10. The summed E-state index contributed by atoms with van der Waals surface area (Å²) in [5, 5.41) is 0. The lowest BCUT2D eigenvalue weighted by Crippen LogP contribution is -2.13. The Kier molecular flexibility index (Phi) is 2.36. The first kappa shape index (κ1) is 12.0. The molecule has 0 saturated heterocycles. The summed E-state index contributed by atoms with van der Waals surface area (Å²) in [5.74, 6) is -1.32. The summed E-state index contributed by atoms with van der Waals surface area (Å²) < 4.78 is 52.1. The second-order valence-corrected chi connectivity index (χ2v) is 4.50. The maximum absolute atomic E-state index is 13.7. The third kappa shape index (κ3) is 1.69. The van der Waals surface area contributed by atoms with Crippen LogP contribution in [0, 0.1) is 5.82 Å². The van der Waals surface area contributed by atoms with E-state index < -0.39 is 23.2 Å². The zero-order valence-corrected chi connectivity index (χ0v) is 9.68. The summed E-state index contributed by atoms with van der Waals surface area (Å²) in [6.07, 6.45) is -4.47. The molecule has 0 unspecified atom stereocenters. The normalized spacial score (nSPS) is 13.3. The van der Waals surface area contributed by atoms with Gasteiger partial charge in [0.25, 0.3) is 0 Å². The maximum atomic E-state index is 13.7. The van der Waals surface area contributed by atoms with Crippen molar-refractivity contribution in [3.05, 3.63) is 52.8 Å². The lowest BCUT2D eigenvalue weighted by Gasteiger charge is -2.14. The Hall–Kier alpha value is -2.04. The van der Waals surface area contributed by atoms with Crippen LogP contribution in [0.4, 0.5) is 23.2 Å². The molecule has 1 aliphatic carbocycles. The number of fused-ring (bicyclic) bond motifs is 3. The van der Waals surface area contributed by atoms with E-state index in [2.05, 4.69) is 0 Å². The predicted molar refractivity (Wildman–Crippen MR) is 64.1 cm³/mol. The molecular weight excluding hydrogens is 258 g/mol. The summed E-state index contributed by atoms with van der Waals surface area (Å²) in [4.78, 5) is 0. The van der Waals surface area contributed by atoms with E-state index >= 15 is 0 Å². The highest BCUT2D eigenvalue weighted by molar-refractivity contribution is 5.82. The highest BCUT2D eigenvalue weighted by Gasteiger charge is 2.39. The quantitative estimate of drug-likeness (QED) is 0.483. The summed E-state index contributed by atoms with van der Waals surface area (Å²) >= 11 is 0. The Morgan fingerprint density at radius 3 is 2.42 bits per heavy atom. The molecule has 2 N–H and O–H groups in total. The monoisotopic (exact) mass is 267 g/mol. The molecule has 1 nitrogen and oxygen atoms in total. The molecule has 0 amide bonds. The molecule has 98 valence electrons. The molecule has 0 fully saturated rings. The lowest BCUT2D eigenvalue weighted by molar-refractivity contribution is -0.139. The second kappa shape index (κ2) is 3.73. The first-order valence-electron chi connectivity index (χ1n) is 5.66. The number of alkyl halides is 3. The molecule has 0 heterocycles. The van der Waals surface area contributed by atoms with Crippen LogP contribution in [0.15, 0.2) is 30.3 Å². The Labute approximate surface area is 106 Å². The van der Waals surface area contributed by atoms with Gasteiger partial charge in [0.2, 0.25) is 0 Å². The van der Waals surface area contributed by atoms with E-state index in [1.807, 2.05) is 0 Å². The van der Waals surface area contributed by atoms with Gasteiger partial charge in [-0.1, -0.05) is 24.3 Å². The van der Waals surface area contributed by atoms with Crippen LogP contribution in [0.2, 0.25) is 0 Å². The van der Waals surface area contributed by atoms with Crippen LogP contribution in [0.25, 0.3) is 11.1 Å². The van der Waals surface area contributed by atoms with Crippen LogP contribution in [0.3, 0.4) is 0 Å². The van der Waals surface area contributed by atoms with Crippen molar-refractivity contribution in [1.82, 2.24) is 0 Å². The number of rotatable bonds is 0. The van der Waals surface area contributed by atoms with Gasteiger partial charge in [0.05, 0.1) is 5.69 Å². The molecule has 0 atom stereocenters. The van der Waals surface area contributed by atoms with Crippen LogP contribution in [0.1, 0.15) is 16.7 Å². The molecule has 19 heavy (non-hydrogen) atoms. The number of nitrogens with two attached hydrogens (primary N) is 1. The zero-order valence-electron chi connectivity index (χ0n) is 9.68.